The van der Waals surface area contributed by atoms with Gasteiger partial charge in [-0.15, -0.1) is 11.8 Å². The highest BCUT2D eigenvalue weighted by molar-refractivity contribution is 7.99. The van der Waals surface area contributed by atoms with E-state index in [9.17, 15) is 9.59 Å². The molecule has 2 rings (SSSR count). The van der Waals surface area contributed by atoms with Gasteiger partial charge in [-0.1, -0.05) is 0 Å². The fourth-order valence-corrected chi connectivity index (χ4v) is 2.96. The summed E-state index contributed by atoms with van der Waals surface area (Å²) in [6.45, 7) is 0.756. The highest BCUT2D eigenvalue weighted by Gasteiger charge is 2.37. The zero-order valence-electron chi connectivity index (χ0n) is 9.26. The molecule has 0 radical (unpaired) electrons. The van der Waals surface area contributed by atoms with Gasteiger partial charge in [0.25, 0.3) is 0 Å². The fourth-order valence-electron chi connectivity index (χ4n) is 1.82. The van der Waals surface area contributed by atoms with E-state index in [1.165, 1.54) is 29.5 Å². The molecule has 1 saturated heterocycles. The van der Waals surface area contributed by atoms with E-state index in [0.717, 1.165) is 6.54 Å². The van der Waals surface area contributed by atoms with E-state index in [1.54, 1.807) is 11.9 Å². The Kier molecular flexibility index (Phi) is 3.28. The monoisotopic (exact) mass is 244 g/mol. The molecular formula is C10H16N2O3S. The summed E-state index contributed by atoms with van der Waals surface area (Å²) in [7, 11) is 1.75. The summed E-state index contributed by atoms with van der Waals surface area (Å²) >= 11 is 1.50. The summed E-state index contributed by atoms with van der Waals surface area (Å²) in [6, 6.07) is -0.802. The molecule has 1 aliphatic heterocycles. The summed E-state index contributed by atoms with van der Waals surface area (Å²) in [5, 5.41) is 8.98. The molecule has 0 bridgehead atoms. The lowest BCUT2D eigenvalue weighted by atomic mass is 10.3. The Morgan fingerprint density at radius 1 is 1.50 bits per heavy atom. The first-order chi connectivity index (χ1) is 7.59. The molecule has 1 saturated carbocycles. The molecule has 1 aliphatic carbocycles. The first kappa shape index (κ1) is 11.6. The summed E-state index contributed by atoms with van der Waals surface area (Å²) in [4.78, 5) is 26.1. The number of aliphatic carboxylic acids is 1. The molecule has 5 nitrogen and oxygen atoms in total. The number of thioether (sulfide) groups is 1. The maximum atomic E-state index is 12.0. The predicted molar refractivity (Wildman–Crippen MR) is 61.3 cm³/mol. The van der Waals surface area contributed by atoms with Crippen LogP contribution in [-0.2, 0) is 4.79 Å². The van der Waals surface area contributed by atoms with Crippen LogP contribution >= 0.6 is 11.8 Å². The molecule has 0 aromatic heterocycles. The van der Waals surface area contributed by atoms with Crippen LogP contribution in [0.15, 0.2) is 0 Å². The van der Waals surface area contributed by atoms with Crippen molar-refractivity contribution in [1.82, 2.24) is 9.80 Å². The van der Waals surface area contributed by atoms with Crippen LogP contribution in [0.4, 0.5) is 4.79 Å². The maximum Gasteiger partial charge on any atom is 0.327 e. The van der Waals surface area contributed by atoms with Crippen LogP contribution in [0.1, 0.15) is 12.8 Å². The van der Waals surface area contributed by atoms with Crippen molar-refractivity contribution in [2.24, 2.45) is 5.92 Å². The topological polar surface area (TPSA) is 60.9 Å². The Hall–Kier alpha value is -0.910. The second-order valence-corrected chi connectivity index (χ2v) is 5.43. The number of rotatable bonds is 3. The predicted octanol–water partition coefficient (Wildman–Crippen LogP) is 0.908. The second-order valence-electron chi connectivity index (χ2n) is 4.43. The molecule has 2 fully saturated rings. The number of carbonyl (C=O) groups excluding carboxylic acids is 1. The van der Waals surface area contributed by atoms with Crippen molar-refractivity contribution < 1.29 is 14.7 Å². The zero-order valence-corrected chi connectivity index (χ0v) is 10.1. The summed E-state index contributed by atoms with van der Waals surface area (Å²) in [5.41, 5.74) is 0. The minimum Gasteiger partial charge on any atom is -0.480 e. The van der Waals surface area contributed by atoms with Crippen molar-refractivity contribution in [3.63, 3.8) is 0 Å². The second kappa shape index (κ2) is 4.53. The van der Waals surface area contributed by atoms with E-state index in [-0.39, 0.29) is 6.03 Å². The molecular weight excluding hydrogens is 228 g/mol. The van der Waals surface area contributed by atoms with E-state index >= 15 is 0 Å². The number of carboxylic acid groups (broad SMARTS) is 1. The Morgan fingerprint density at radius 3 is 2.75 bits per heavy atom. The van der Waals surface area contributed by atoms with Crippen molar-refractivity contribution in [3.8, 4) is 0 Å². The van der Waals surface area contributed by atoms with E-state index in [4.69, 9.17) is 5.11 Å². The van der Waals surface area contributed by atoms with Crippen LogP contribution < -0.4 is 0 Å². The van der Waals surface area contributed by atoms with Gasteiger partial charge in [0, 0.05) is 19.3 Å². The van der Waals surface area contributed by atoms with E-state index < -0.39 is 12.0 Å². The van der Waals surface area contributed by atoms with Crippen LogP contribution in [-0.4, -0.2) is 58.2 Å². The highest BCUT2D eigenvalue weighted by Crippen LogP contribution is 2.30. The van der Waals surface area contributed by atoms with Gasteiger partial charge < -0.3 is 14.9 Å². The smallest absolute Gasteiger partial charge is 0.327 e. The largest absolute Gasteiger partial charge is 0.480 e. The first-order valence-electron chi connectivity index (χ1n) is 5.42. The van der Waals surface area contributed by atoms with Crippen molar-refractivity contribution >= 4 is 23.8 Å². The average Bonchev–Trinajstić information content (AvgIpc) is 2.91. The Labute approximate surface area is 98.8 Å². The minimum absolute atomic E-state index is 0.149. The lowest BCUT2D eigenvalue weighted by Gasteiger charge is -2.26. The quantitative estimate of drug-likeness (QED) is 0.801. The molecule has 2 amide bonds. The molecule has 90 valence electrons. The lowest BCUT2D eigenvalue weighted by molar-refractivity contribution is -0.140. The molecule has 0 spiro atoms. The van der Waals surface area contributed by atoms with Gasteiger partial charge in [0.2, 0.25) is 0 Å². The number of hydrogen-bond donors (Lipinski definition) is 1. The summed E-state index contributed by atoms with van der Waals surface area (Å²) in [6.07, 6.45) is 2.38. The van der Waals surface area contributed by atoms with Gasteiger partial charge in [0.1, 0.15) is 6.04 Å². The van der Waals surface area contributed by atoms with Gasteiger partial charge in [0.15, 0.2) is 0 Å². The lowest BCUT2D eigenvalue weighted by Crippen LogP contribution is -2.47. The third-order valence-electron chi connectivity index (χ3n) is 2.97. The molecule has 1 heterocycles. The summed E-state index contributed by atoms with van der Waals surface area (Å²) in [5.74, 6) is 0.717. The maximum absolute atomic E-state index is 12.0. The molecule has 1 N–H and O–H groups in total. The number of urea groups is 1. The molecule has 6 heteroatoms. The molecule has 16 heavy (non-hydrogen) atoms. The van der Waals surface area contributed by atoms with Gasteiger partial charge in [-0.2, -0.15) is 0 Å². The zero-order chi connectivity index (χ0) is 11.7. The van der Waals surface area contributed by atoms with Crippen molar-refractivity contribution in [2.75, 3.05) is 25.2 Å². The molecule has 2 aliphatic rings. The Balaban J connectivity index is 1.93. The number of carboxylic acids is 1. The third kappa shape index (κ3) is 2.42. The Bertz CT molecular complexity index is 306. The molecule has 1 unspecified atom stereocenters. The van der Waals surface area contributed by atoms with Crippen molar-refractivity contribution in [1.29, 1.82) is 0 Å². The van der Waals surface area contributed by atoms with E-state index in [0.29, 0.717) is 17.5 Å². The van der Waals surface area contributed by atoms with Crippen LogP contribution in [0, 0.1) is 5.92 Å². The Morgan fingerprint density at radius 2 is 2.19 bits per heavy atom. The van der Waals surface area contributed by atoms with E-state index in [2.05, 4.69) is 0 Å². The third-order valence-corrected chi connectivity index (χ3v) is 3.98. The van der Waals surface area contributed by atoms with Crippen molar-refractivity contribution in [2.45, 2.75) is 18.9 Å². The molecule has 0 aromatic carbocycles. The van der Waals surface area contributed by atoms with Crippen LogP contribution in [0.5, 0.6) is 0 Å². The first-order valence-corrected chi connectivity index (χ1v) is 6.57. The summed E-state index contributed by atoms with van der Waals surface area (Å²) < 4.78 is 0. The van der Waals surface area contributed by atoms with Crippen LogP contribution in [0.3, 0.4) is 0 Å². The number of nitrogens with zero attached hydrogens (tertiary/aromatic N) is 2. The normalized spacial score (nSPS) is 24.6. The highest BCUT2D eigenvalue weighted by atomic mass is 32.2. The number of hydrogen-bond acceptors (Lipinski definition) is 3. The number of carbonyl (C=O) groups is 2. The van der Waals surface area contributed by atoms with Gasteiger partial charge in [0.05, 0.1) is 5.88 Å². The van der Waals surface area contributed by atoms with Gasteiger partial charge in [-0.25, -0.2) is 9.59 Å². The minimum atomic E-state index is -0.904. The van der Waals surface area contributed by atoms with Crippen LogP contribution in [0.25, 0.3) is 0 Å². The van der Waals surface area contributed by atoms with Crippen molar-refractivity contribution in [3.05, 3.63) is 0 Å². The van der Waals surface area contributed by atoms with E-state index in [1.807, 2.05) is 0 Å². The fraction of sp³-hybridized carbons (Fsp3) is 0.800. The average molecular weight is 244 g/mol. The number of amides is 2. The van der Waals surface area contributed by atoms with Gasteiger partial charge in [-0.05, 0) is 18.8 Å². The van der Waals surface area contributed by atoms with Crippen LogP contribution in [0.2, 0.25) is 0 Å². The molecule has 1 atom stereocenters. The van der Waals surface area contributed by atoms with Gasteiger partial charge in [-0.3, -0.25) is 0 Å². The SMILES string of the molecule is CN(CC1CC1)C(=O)N1CSCC1C(=O)O. The molecule has 0 aromatic rings. The van der Waals surface area contributed by atoms with Gasteiger partial charge >= 0.3 is 12.0 Å². The standard InChI is InChI=1S/C10H16N2O3S/c1-11(4-7-2-3-7)10(15)12-6-16-5-8(12)9(13)14/h7-8H,2-6H2,1H3,(H,13,14).